The molecule has 0 spiro atoms. The van der Waals surface area contributed by atoms with Crippen LogP contribution in [0.15, 0.2) is 59.0 Å². The molecule has 0 bridgehead atoms. The minimum Gasteiger partial charge on any atom is -0.497 e. The van der Waals surface area contributed by atoms with Crippen molar-refractivity contribution in [3.63, 3.8) is 0 Å². The molecule has 32 heavy (non-hydrogen) atoms. The number of benzene rings is 2. The lowest BCUT2D eigenvalue weighted by Gasteiger charge is -2.06. The van der Waals surface area contributed by atoms with Gasteiger partial charge in [0, 0.05) is 29.6 Å². The Morgan fingerprint density at radius 1 is 1.12 bits per heavy atom. The third-order valence-corrected chi connectivity index (χ3v) is 4.67. The number of furan rings is 1. The molecule has 1 N–H and O–H groups in total. The van der Waals surface area contributed by atoms with Crippen LogP contribution in [0.3, 0.4) is 0 Å². The summed E-state index contributed by atoms with van der Waals surface area (Å²) in [6.07, 6.45) is 2.33. The van der Waals surface area contributed by atoms with Crippen molar-refractivity contribution in [2.75, 3.05) is 25.6 Å². The number of ether oxygens (including phenoxy) is 3. The Morgan fingerprint density at radius 2 is 1.94 bits per heavy atom. The van der Waals surface area contributed by atoms with Crippen LogP contribution >= 0.6 is 0 Å². The Hall–Kier alpha value is -3.74. The molecular weight excluding hydrogens is 410 g/mol. The summed E-state index contributed by atoms with van der Waals surface area (Å²) < 4.78 is 21.9. The van der Waals surface area contributed by atoms with Gasteiger partial charge in [0.05, 0.1) is 20.3 Å². The number of carbonyl (C=O) groups excluding carboxylic acids is 2. The first-order chi connectivity index (χ1) is 15.5. The Bertz CT molecular complexity index is 1110. The van der Waals surface area contributed by atoms with Crippen molar-refractivity contribution >= 4 is 34.1 Å². The van der Waals surface area contributed by atoms with Crippen molar-refractivity contribution < 1.29 is 28.2 Å². The van der Waals surface area contributed by atoms with Crippen molar-refractivity contribution in [3.05, 3.63) is 60.4 Å². The normalized spacial score (nSPS) is 11.3. The van der Waals surface area contributed by atoms with E-state index in [9.17, 15) is 9.59 Å². The summed E-state index contributed by atoms with van der Waals surface area (Å²) in [6, 6.07) is 14.6. The monoisotopic (exact) mass is 437 g/mol. The summed E-state index contributed by atoms with van der Waals surface area (Å²) in [5, 5.41) is 3.68. The molecule has 0 fully saturated rings. The van der Waals surface area contributed by atoms with Crippen molar-refractivity contribution in [1.82, 2.24) is 0 Å². The molecule has 0 atom stereocenters. The Labute approximate surface area is 187 Å². The molecule has 168 valence electrons. The maximum atomic E-state index is 12.4. The van der Waals surface area contributed by atoms with Gasteiger partial charge in [-0.05, 0) is 50.1 Å². The molecule has 3 rings (SSSR count). The van der Waals surface area contributed by atoms with Crippen molar-refractivity contribution in [3.8, 4) is 11.5 Å². The van der Waals surface area contributed by atoms with Crippen molar-refractivity contribution in [1.29, 1.82) is 0 Å². The number of nitrogens with one attached hydrogen (secondary N) is 1. The second-order valence-corrected chi connectivity index (χ2v) is 7.09. The molecule has 0 aliphatic rings. The molecular formula is C25H27NO6. The predicted octanol–water partition coefficient (Wildman–Crippen LogP) is 5.21. The number of esters is 1. The van der Waals surface area contributed by atoms with Gasteiger partial charge in [-0.3, -0.25) is 9.59 Å². The first kappa shape index (κ1) is 22.9. The van der Waals surface area contributed by atoms with Crippen LogP contribution in [0.25, 0.3) is 16.5 Å². The second-order valence-electron chi connectivity index (χ2n) is 7.09. The zero-order valence-corrected chi connectivity index (χ0v) is 18.5. The van der Waals surface area contributed by atoms with Gasteiger partial charge in [-0.15, -0.1) is 0 Å². The number of rotatable bonds is 10. The first-order valence-corrected chi connectivity index (χ1v) is 10.4. The zero-order valence-electron chi connectivity index (χ0n) is 18.5. The molecule has 0 unspecified atom stereocenters. The fraction of sp³-hybridized carbons (Fsp3) is 0.280. The average Bonchev–Trinajstić information content (AvgIpc) is 3.22. The zero-order chi connectivity index (χ0) is 22.9. The number of para-hydroxylation sites is 1. The molecule has 0 aliphatic heterocycles. The van der Waals surface area contributed by atoms with Crippen LogP contribution in [0, 0.1) is 0 Å². The first-order valence-electron chi connectivity index (χ1n) is 10.4. The molecule has 3 aromatic rings. The van der Waals surface area contributed by atoms with E-state index in [1.54, 1.807) is 32.2 Å². The number of allylic oxidation sites excluding steroid dienone is 1. The van der Waals surface area contributed by atoms with E-state index >= 15 is 0 Å². The number of amides is 1. The van der Waals surface area contributed by atoms with Gasteiger partial charge in [0.25, 0.3) is 0 Å². The third-order valence-electron chi connectivity index (χ3n) is 4.67. The van der Waals surface area contributed by atoms with Gasteiger partial charge >= 0.3 is 5.97 Å². The lowest BCUT2D eigenvalue weighted by Crippen LogP contribution is -2.08. The molecule has 1 amide bonds. The van der Waals surface area contributed by atoms with Gasteiger partial charge < -0.3 is 23.9 Å². The minimum atomic E-state index is -0.272. The van der Waals surface area contributed by atoms with E-state index in [1.165, 1.54) is 6.08 Å². The van der Waals surface area contributed by atoms with Gasteiger partial charge in [0.2, 0.25) is 5.91 Å². The molecule has 1 heterocycles. The largest absolute Gasteiger partial charge is 0.497 e. The van der Waals surface area contributed by atoms with Crippen molar-refractivity contribution in [2.24, 2.45) is 0 Å². The molecule has 0 saturated heterocycles. The van der Waals surface area contributed by atoms with Gasteiger partial charge in [-0.2, -0.15) is 0 Å². The molecule has 7 nitrogen and oxygen atoms in total. The standard InChI is InChI=1S/C25H27NO6/c1-4-30-24(28)12-7-13-31-21-11-5-8-18-15-22(32-25(18)21)17(2)14-23(27)26-19-9-6-10-20(16-19)29-3/h5-6,8-11,14-16H,4,7,12-13H2,1-3H3,(H,26,27)/b17-14+. The number of methoxy groups -OCH3 is 1. The van der Waals surface area contributed by atoms with Gasteiger partial charge in [0.15, 0.2) is 11.3 Å². The number of hydrogen-bond donors (Lipinski definition) is 1. The van der Waals surface area contributed by atoms with Gasteiger partial charge in [0.1, 0.15) is 11.5 Å². The van der Waals surface area contributed by atoms with Crippen LogP contribution < -0.4 is 14.8 Å². The highest BCUT2D eigenvalue weighted by atomic mass is 16.5. The number of hydrogen-bond acceptors (Lipinski definition) is 6. The highest BCUT2D eigenvalue weighted by Crippen LogP contribution is 2.31. The van der Waals surface area contributed by atoms with E-state index in [0.29, 0.717) is 60.2 Å². The van der Waals surface area contributed by atoms with E-state index in [0.717, 1.165) is 5.39 Å². The van der Waals surface area contributed by atoms with Crippen LogP contribution in [0.5, 0.6) is 11.5 Å². The fourth-order valence-electron chi connectivity index (χ4n) is 3.12. The van der Waals surface area contributed by atoms with Gasteiger partial charge in [-0.25, -0.2) is 0 Å². The second kappa shape index (κ2) is 11.0. The Kier molecular flexibility index (Phi) is 7.91. The van der Waals surface area contributed by atoms with E-state index in [1.807, 2.05) is 37.3 Å². The minimum absolute atomic E-state index is 0.234. The van der Waals surface area contributed by atoms with E-state index < -0.39 is 0 Å². The highest BCUT2D eigenvalue weighted by molar-refractivity contribution is 6.04. The summed E-state index contributed by atoms with van der Waals surface area (Å²) in [7, 11) is 1.57. The van der Waals surface area contributed by atoms with Crippen LogP contribution in [0.1, 0.15) is 32.4 Å². The molecule has 0 saturated carbocycles. The maximum absolute atomic E-state index is 12.4. The third kappa shape index (κ3) is 6.14. The van der Waals surface area contributed by atoms with Crippen LogP contribution in [-0.4, -0.2) is 32.2 Å². The van der Waals surface area contributed by atoms with Crippen LogP contribution in [0.4, 0.5) is 5.69 Å². The van der Waals surface area contributed by atoms with E-state index in [2.05, 4.69) is 5.32 Å². The van der Waals surface area contributed by atoms with E-state index in [4.69, 9.17) is 18.6 Å². The molecule has 1 aromatic heterocycles. The van der Waals surface area contributed by atoms with Crippen LogP contribution in [0.2, 0.25) is 0 Å². The quantitative estimate of drug-likeness (QED) is 0.266. The number of anilines is 1. The lowest BCUT2D eigenvalue weighted by molar-refractivity contribution is -0.143. The van der Waals surface area contributed by atoms with Gasteiger partial charge in [-0.1, -0.05) is 18.2 Å². The predicted molar refractivity (Wildman–Crippen MR) is 123 cm³/mol. The SMILES string of the molecule is CCOC(=O)CCCOc1cccc2cc(/C(C)=C/C(=O)Nc3cccc(OC)c3)oc12. The Morgan fingerprint density at radius 3 is 2.72 bits per heavy atom. The summed E-state index contributed by atoms with van der Waals surface area (Å²) >= 11 is 0. The summed E-state index contributed by atoms with van der Waals surface area (Å²) in [4.78, 5) is 23.9. The molecule has 0 radical (unpaired) electrons. The maximum Gasteiger partial charge on any atom is 0.305 e. The van der Waals surface area contributed by atoms with E-state index in [-0.39, 0.29) is 11.9 Å². The smallest absolute Gasteiger partial charge is 0.305 e. The molecule has 7 heteroatoms. The summed E-state index contributed by atoms with van der Waals surface area (Å²) in [5.74, 6) is 1.32. The highest BCUT2D eigenvalue weighted by Gasteiger charge is 2.12. The fourth-order valence-corrected chi connectivity index (χ4v) is 3.12. The molecule has 0 aliphatic carbocycles. The van der Waals surface area contributed by atoms with Crippen LogP contribution in [-0.2, 0) is 14.3 Å². The number of carbonyl (C=O) groups is 2. The summed E-state index contributed by atoms with van der Waals surface area (Å²) in [6.45, 7) is 4.33. The Balaban J connectivity index is 1.67. The topological polar surface area (TPSA) is 87.0 Å². The lowest BCUT2D eigenvalue weighted by atomic mass is 10.2. The average molecular weight is 437 g/mol. The van der Waals surface area contributed by atoms with Crippen molar-refractivity contribution in [2.45, 2.75) is 26.7 Å². The summed E-state index contributed by atoms with van der Waals surface area (Å²) in [5.41, 5.74) is 1.91. The molecule has 2 aromatic carbocycles. The number of fused-ring (bicyclic) bond motifs is 1.